The Hall–Kier alpha value is -3.16. The zero-order valence-corrected chi connectivity index (χ0v) is 21.0. The number of Topliss-reactive ketones (excluding diaryl/α,β-unsaturated/α-hetero) is 1. The molecule has 1 fully saturated rings. The molecular formula is C27H31ClN4O3. The lowest BCUT2D eigenvalue weighted by molar-refractivity contribution is -0.124. The van der Waals surface area contributed by atoms with Gasteiger partial charge in [0.2, 0.25) is 5.91 Å². The fourth-order valence-corrected chi connectivity index (χ4v) is 4.85. The first-order valence-electron chi connectivity index (χ1n) is 11.8. The number of hydrogen-bond donors (Lipinski definition) is 2. The molecule has 184 valence electrons. The van der Waals surface area contributed by atoms with E-state index in [1.165, 1.54) is 0 Å². The van der Waals surface area contributed by atoms with Gasteiger partial charge in [-0.3, -0.25) is 14.4 Å². The van der Waals surface area contributed by atoms with E-state index in [1.54, 1.807) is 11.0 Å². The molecule has 2 aromatic rings. The maximum absolute atomic E-state index is 12.9. The highest BCUT2D eigenvalue weighted by Crippen LogP contribution is 2.31. The second-order valence-corrected chi connectivity index (χ2v) is 9.95. The van der Waals surface area contributed by atoms with Gasteiger partial charge in [-0.25, -0.2) is 0 Å². The SMILES string of the molecule is C=C1CCC(N2Cc3cc(CNC(=O)CNc4ccc(CN(C)C)c(Cl)c4)ccc3C2=O)C(=O)C1. The first-order chi connectivity index (χ1) is 16.7. The van der Waals surface area contributed by atoms with Gasteiger partial charge in [0.1, 0.15) is 0 Å². The number of nitrogens with zero attached hydrogens (tertiary/aromatic N) is 2. The van der Waals surface area contributed by atoms with Crippen LogP contribution in [0.2, 0.25) is 5.02 Å². The monoisotopic (exact) mass is 494 g/mol. The van der Waals surface area contributed by atoms with E-state index in [9.17, 15) is 14.4 Å². The number of carbonyl (C=O) groups is 3. The molecular weight excluding hydrogens is 464 g/mol. The third-order valence-electron chi connectivity index (χ3n) is 6.43. The van der Waals surface area contributed by atoms with Crippen LogP contribution in [0.5, 0.6) is 0 Å². The van der Waals surface area contributed by atoms with Crippen LogP contribution in [-0.2, 0) is 29.2 Å². The predicted molar refractivity (Wildman–Crippen MR) is 137 cm³/mol. The number of halogens is 1. The summed E-state index contributed by atoms with van der Waals surface area (Å²) in [4.78, 5) is 41.4. The van der Waals surface area contributed by atoms with Crippen LogP contribution < -0.4 is 10.6 Å². The molecule has 1 aliphatic carbocycles. The van der Waals surface area contributed by atoms with Crippen molar-refractivity contribution in [2.75, 3.05) is 26.0 Å². The van der Waals surface area contributed by atoms with Crippen LogP contribution in [0.25, 0.3) is 0 Å². The van der Waals surface area contributed by atoms with Crippen LogP contribution in [0, 0.1) is 0 Å². The number of hydrogen-bond acceptors (Lipinski definition) is 5. The van der Waals surface area contributed by atoms with E-state index < -0.39 is 0 Å². The molecule has 0 saturated heterocycles. The molecule has 8 heteroatoms. The number of amides is 2. The summed E-state index contributed by atoms with van der Waals surface area (Å²) in [5.74, 6) is -0.179. The molecule has 2 aromatic carbocycles. The lowest BCUT2D eigenvalue weighted by Crippen LogP contribution is -2.43. The lowest BCUT2D eigenvalue weighted by Gasteiger charge is -2.30. The highest BCUT2D eigenvalue weighted by molar-refractivity contribution is 6.31. The molecule has 7 nitrogen and oxygen atoms in total. The van der Waals surface area contributed by atoms with Crippen LogP contribution in [0.4, 0.5) is 5.69 Å². The van der Waals surface area contributed by atoms with Crippen LogP contribution in [0.1, 0.15) is 46.3 Å². The average Bonchev–Trinajstić information content (AvgIpc) is 3.13. The molecule has 2 N–H and O–H groups in total. The molecule has 0 aromatic heterocycles. The van der Waals surface area contributed by atoms with E-state index in [-0.39, 0.29) is 30.2 Å². The fraction of sp³-hybridized carbons (Fsp3) is 0.370. The molecule has 4 rings (SSSR count). The third kappa shape index (κ3) is 5.92. The van der Waals surface area contributed by atoms with E-state index in [0.29, 0.717) is 36.5 Å². The van der Waals surface area contributed by atoms with Gasteiger partial charge in [-0.2, -0.15) is 0 Å². The summed E-state index contributed by atoms with van der Waals surface area (Å²) in [6.07, 6.45) is 1.76. The largest absolute Gasteiger partial charge is 0.376 e. The van der Waals surface area contributed by atoms with E-state index in [1.807, 2.05) is 49.3 Å². The number of benzene rings is 2. The van der Waals surface area contributed by atoms with Gasteiger partial charge in [-0.05, 0) is 61.8 Å². The van der Waals surface area contributed by atoms with Gasteiger partial charge in [-0.15, -0.1) is 0 Å². The van der Waals surface area contributed by atoms with Gasteiger partial charge in [-0.1, -0.05) is 42.0 Å². The molecule has 1 saturated carbocycles. The molecule has 1 atom stereocenters. The molecule has 0 radical (unpaired) electrons. The van der Waals surface area contributed by atoms with Crippen molar-refractivity contribution in [2.45, 2.75) is 44.9 Å². The first-order valence-corrected chi connectivity index (χ1v) is 12.1. The summed E-state index contributed by atoms with van der Waals surface area (Å²) >= 11 is 6.34. The summed E-state index contributed by atoms with van der Waals surface area (Å²) in [6, 6.07) is 10.9. The highest BCUT2D eigenvalue weighted by atomic mass is 35.5. The molecule has 2 amide bonds. The maximum atomic E-state index is 12.9. The number of fused-ring (bicyclic) bond motifs is 1. The van der Waals surface area contributed by atoms with Crippen molar-refractivity contribution in [2.24, 2.45) is 0 Å². The first kappa shape index (κ1) is 24.9. The molecule has 1 heterocycles. The number of rotatable bonds is 8. The summed E-state index contributed by atoms with van der Waals surface area (Å²) in [5, 5.41) is 6.66. The van der Waals surface area contributed by atoms with Crippen molar-refractivity contribution in [3.8, 4) is 0 Å². The molecule has 0 bridgehead atoms. The van der Waals surface area contributed by atoms with Crippen LogP contribution in [0.3, 0.4) is 0 Å². The van der Waals surface area contributed by atoms with Crippen molar-refractivity contribution in [3.05, 3.63) is 75.8 Å². The van der Waals surface area contributed by atoms with Gasteiger partial charge < -0.3 is 20.4 Å². The molecule has 1 unspecified atom stereocenters. The summed E-state index contributed by atoms with van der Waals surface area (Å²) < 4.78 is 0. The van der Waals surface area contributed by atoms with Crippen molar-refractivity contribution >= 4 is 34.9 Å². The minimum atomic E-state index is -0.375. The van der Waals surface area contributed by atoms with Crippen molar-refractivity contribution in [1.82, 2.24) is 15.1 Å². The Morgan fingerprint density at radius 1 is 1.20 bits per heavy atom. The second kappa shape index (κ2) is 10.6. The van der Waals surface area contributed by atoms with Crippen molar-refractivity contribution in [1.29, 1.82) is 0 Å². The predicted octanol–water partition coefficient (Wildman–Crippen LogP) is 3.76. The summed E-state index contributed by atoms with van der Waals surface area (Å²) in [5.41, 5.74) is 5.18. The smallest absolute Gasteiger partial charge is 0.255 e. The Kier molecular flexibility index (Phi) is 7.57. The number of nitrogens with one attached hydrogen (secondary N) is 2. The normalized spacial score (nSPS) is 17.7. The van der Waals surface area contributed by atoms with Crippen LogP contribution in [0.15, 0.2) is 48.6 Å². The molecule has 2 aliphatic rings. The van der Waals surface area contributed by atoms with Crippen LogP contribution in [-0.4, -0.2) is 54.1 Å². The number of anilines is 1. The van der Waals surface area contributed by atoms with Crippen molar-refractivity contribution in [3.63, 3.8) is 0 Å². The molecule has 0 spiro atoms. The standard InChI is InChI=1S/C27H31ClN4O3/c1-17-4-9-24(25(33)10-17)32-16-20-11-18(5-8-22(20)27(32)35)13-30-26(34)14-29-21-7-6-19(15-31(2)3)23(28)12-21/h5-8,11-12,24,29H,1,4,9-10,13-16H2,2-3H3,(H,30,34). The summed E-state index contributed by atoms with van der Waals surface area (Å²) in [6.45, 7) is 5.55. The molecule has 35 heavy (non-hydrogen) atoms. The van der Waals surface area contributed by atoms with Gasteiger partial charge >= 0.3 is 0 Å². The Morgan fingerprint density at radius 2 is 2.00 bits per heavy atom. The number of carbonyl (C=O) groups excluding carboxylic acids is 3. The quantitative estimate of drug-likeness (QED) is 0.546. The Bertz CT molecular complexity index is 1180. The van der Waals surface area contributed by atoms with Gasteiger partial charge in [0.25, 0.3) is 5.91 Å². The van der Waals surface area contributed by atoms with Gasteiger partial charge in [0.05, 0.1) is 12.6 Å². The topological polar surface area (TPSA) is 81.8 Å². The minimum Gasteiger partial charge on any atom is -0.376 e. The van der Waals surface area contributed by atoms with Crippen LogP contribution >= 0.6 is 11.6 Å². The van der Waals surface area contributed by atoms with Gasteiger partial charge in [0.15, 0.2) is 5.78 Å². The maximum Gasteiger partial charge on any atom is 0.255 e. The fourth-order valence-electron chi connectivity index (χ4n) is 4.61. The van der Waals surface area contributed by atoms with E-state index in [4.69, 9.17) is 11.6 Å². The highest BCUT2D eigenvalue weighted by Gasteiger charge is 2.37. The Balaban J connectivity index is 1.30. The number of ketones is 1. The summed E-state index contributed by atoms with van der Waals surface area (Å²) in [7, 11) is 3.97. The van der Waals surface area contributed by atoms with E-state index in [2.05, 4.69) is 17.2 Å². The van der Waals surface area contributed by atoms with Gasteiger partial charge in [0, 0.05) is 42.3 Å². The zero-order chi connectivity index (χ0) is 25.1. The zero-order valence-electron chi connectivity index (χ0n) is 20.2. The Morgan fingerprint density at radius 3 is 2.71 bits per heavy atom. The van der Waals surface area contributed by atoms with Crippen molar-refractivity contribution < 1.29 is 14.4 Å². The Labute approximate surface area is 211 Å². The minimum absolute atomic E-state index is 0.0658. The average molecular weight is 495 g/mol. The second-order valence-electron chi connectivity index (χ2n) is 9.55. The van der Waals surface area contributed by atoms with E-state index in [0.717, 1.165) is 40.9 Å². The number of allylic oxidation sites excluding steroid dienone is 1. The molecule has 1 aliphatic heterocycles. The van der Waals surface area contributed by atoms with E-state index >= 15 is 0 Å². The third-order valence-corrected chi connectivity index (χ3v) is 6.78. The lowest BCUT2D eigenvalue weighted by atomic mass is 9.90.